The Balaban J connectivity index is 1.86. The maximum atomic E-state index is 13.2. The lowest BCUT2D eigenvalue weighted by Crippen LogP contribution is -2.31. The quantitative estimate of drug-likeness (QED) is 0.796. The van der Waals surface area contributed by atoms with Gasteiger partial charge in [-0.2, -0.15) is 0 Å². The Morgan fingerprint density at radius 2 is 1.95 bits per heavy atom. The molecule has 0 saturated carbocycles. The lowest BCUT2D eigenvalue weighted by atomic mass is 9.81. The van der Waals surface area contributed by atoms with Crippen LogP contribution in [0.25, 0.3) is 0 Å². The zero-order chi connectivity index (χ0) is 14.4. The molecule has 0 saturated heterocycles. The highest BCUT2D eigenvalue weighted by Crippen LogP contribution is 2.41. The van der Waals surface area contributed by atoms with Gasteiger partial charge in [-0.25, -0.2) is 4.39 Å². The van der Waals surface area contributed by atoms with E-state index in [1.54, 1.807) is 12.1 Å². The molecule has 0 bridgehead atoms. The SMILES string of the molecule is CN1Cc2ccc3c(c2C(c2ccc(F)cc2)C1)CCO3. The average molecular weight is 283 g/mol. The number of rotatable bonds is 1. The van der Waals surface area contributed by atoms with Gasteiger partial charge in [-0.05, 0) is 41.9 Å². The highest BCUT2D eigenvalue weighted by atomic mass is 19.1. The van der Waals surface area contributed by atoms with E-state index in [2.05, 4.69) is 24.1 Å². The summed E-state index contributed by atoms with van der Waals surface area (Å²) in [6, 6.07) is 11.2. The largest absolute Gasteiger partial charge is 0.493 e. The summed E-state index contributed by atoms with van der Waals surface area (Å²) in [5.74, 6) is 1.16. The van der Waals surface area contributed by atoms with Crippen LogP contribution in [-0.2, 0) is 13.0 Å². The molecule has 2 aliphatic rings. The molecule has 0 N–H and O–H groups in total. The molecule has 2 heterocycles. The molecule has 2 aromatic carbocycles. The molecule has 0 radical (unpaired) electrons. The van der Waals surface area contributed by atoms with Crippen LogP contribution in [0.4, 0.5) is 4.39 Å². The van der Waals surface area contributed by atoms with Gasteiger partial charge in [0.15, 0.2) is 0 Å². The van der Waals surface area contributed by atoms with E-state index < -0.39 is 0 Å². The average Bonchev–Trinajstić information content (AvgIpc) is 2.95. The van der Waals surface area contributed by atoms with Gasteiger partial charge in [-0.15, -0.1) is 0 Å². The van der Waals surface area contributed by atoms with Crippen LogP contribution in [0.3, 0.4) is 0 Å². The number of likely N-dealkylation sites (N-methyl/N-ethyl adjacent to an activating group) is 1. The second-order valence-corrected chi connectivity index (χ2v) is 6.01. The summed E-state index contributed by atoms with van der Waals surface area (Å²) in [5.41, 5.74) is 5.33. The van der Waals surface area contributed by atoms with E-state index in [1.165, 1.54) is 22.3 Å². The third kappa shape index (κ3) is 2.12. The summed E-state index contributed by atoms with van der Waals surface area (Å²) in [7, 11) is 2.14. The molecule has 0 spiro atoms. The fourth-order valence-electron chi connectivity index (χ4n) is 3.65. The second kappa shape index (κ2) is 4.85. The summed E-state index contributed by atoms with van der Waals surface area (Å²) in [4.78, 5) is 2.33. The van der Waals surface area contributed by atoms with Gasteiger partial charge in [0.25, 0.3) is 0 Å². The third-order valence-corrected chi connectivity index (χ3v) is 4.57. The first-order valence-corrected chi connectivity index (χ1v) is 7.44. The minimum Gasteiger partial charge on any atom is -0.493 e. The fraction of sp³-hybridized carbons (Fsp3) is 0.333. The molecule has 4 rings (SSSR count). The van der Waals surface area contributed by atoms with Gasteiger partial charge in [-0.3, -0.25) is 0 Å². The van der Waals surface area contributed by atoms with Crippen LogP contribution in [0.2, 0.25) is 0 Å². The first-order chi connectivity index (χ1) is 10.2. The Kier molecular flexibility index (Phi) is 2.96. The number of hydrogen-bond donors (Lipinski definition) is 0. The van der Waals surface area contributed by atoms with E-state index in [-0.39, 0.29) is 5.82 Å². The molecule has 0 amide bonds. The van der Waals surface area contributed by atoms with Crippen molar-refractivity contribution in [3.63, 3.8) is 0 Å². The van der Waals surface area contributed by atoms with E-state index in [1.807, 2.05) is 12.1 Å². The zero-order valence-electron chi connectivity index (χ0n) is 12.1. The topological polar surface area (TPSA) is 12.5 Å². The number of benzene rings is 2. The molecular weight excluding hydrogens is 265 g/mol. The first kappa shape index (κ1) is 12.8. The first-order valence-electron chi connectivity index (χ1n) is 7.44. The highest BCUT2D eigenvalue weighted by Gasteiger charge is 2.30. The van der Waals surface area contributed by atoms with E-state index in [4.69, 9.17) is 4.74 Å². The van der Waals surface area contributed by atoms with Gasteiger partial charge in [0.2, 0.25) is 0 Å². The molecule has 0 fully saturated rings. The van der Waals surface area contributed by atoms with Crippen molar-refractivity contribution in [1.29, 1.82) is 0 Å². The monoisotopic (exact) mass is 283 g/mol. The lowest BCUT2D eigenvalue weighted by molar-refractivity contribution is 0.294. The van der Waals surface area contributed by atoms with Crippen LogP contribution < -0.4 is 4.74 Å². The maximum Gasteiger partial charge on any atom is 0.123 e. The predicted octanol–water partition coefficient (Wildman–Crippen LogP) is 3.34. The fourth-order valence-corrected chi connectivity index (χ4v) is 3.65. The van der Waals surface area contributed by atoms with Crippen molar-refractivity contribution in [2.75, 3.05) is 20.2 Å². The molecule has 1 unspecified atom stereocenters. The second-order valence-electron chi connectivity index (χ2n) is 6.01. The Hall–Kier alpha value is -1.87. The minimum atomic E-state index is -0.176. The Morgan fingerprint density at radius 3 is 2.76 bits per heavy atom. The molecule has 0 aliphatic carbocycles. The van der Waals surface area contributed by atoms with Crippen LogP contribution >= 0.6 is 0 Å². The van der Waals surface area contributed by atoms with E-state index in [0.717, 1.165) is 31.9 Å². The van der Waals surface area contributed by atoms with E-state index in [0.29, 0.717) is 5.92 Å². The molecule has 3 heteroatoms. The van der Waals surface area contributed by atoms with E-state index >= 15 is 0 Å². The van der Waals surface area contributed by atoms with Crippen LogP contribution in [0.15, 0.2) is 36.4 Å². The molecule has 2 aromatic rings. The molecule has 0 aromatic heterocycles. The van der Waals surface area contributed by atoms with Gasteiger partial charge < -0.3 is 9.64 Å². The summed E-state index contributed by atoms with van der Waals surface area (Å²) in [5, 5.41) is 0. The Morgan fingerprint density at radius 1 is 1.14 bits per heavy atom. The van der Waals surface area contributed by atoms with Gasteiger partial charge in [0.1, 0.15) is 11.6 Å². The van der Waals surface area contributed by atoms with Crippen molar-refractivity contribution >= 4 is 0 Å². The van der Waals surface area contributed by atoms with Gasteiger partial charge in [0, 0.05) is 31.0 Å². The van der Waals surface area contributed by atoms with Crippen molar-refractivity contribution in [3.8, 4) is 5.75 Å². The summed E-state index contributed by atoms with van der Waals surface area (Å²) in [6.07, 6.45) is 0.986. The van der Waals surface area contributed by atoms with Crippen molar-refractivity contribution in [3.05, 3.63) is 64.5 Å². The normalized spacial score (nSPS) is 20.8. The number of halogens is 1. The molecule has 108 valence electrons. The van der Waals surface area contributed by atoms with Crippen LogP contribution in [-0.4, -0.2) is 25.1 Å². The number of fused-ring (bicyclic) bond motifs is 3. The number of hydrogen-bond acceptors (Lipinski definition) is 2. The van der Waals surface area contributed by atoms with Crippen LogP contribution in [0, 0.1) is 5.82 Å². The maximum absolute atomic E-state index is 13.2. The molecular formula is C18H18FNO. The van der Waals surface area contributed by atoms with Crippen molar-refractivity contribution in [1.82, 2.24) is 4.90 Å². The van der Waals surface area contributed by atoms with Gasteiger partial charge in [-0.1, -0.05) is 18.2 Å². The lowest BCUT2D eigenvalue weighted by Gasteiger charge is -2.34. The number of ether oxygens (including phenoxy) is 1. The van der Waals surface area contributed by atoms with Gasteiger partial charge >= 0.3 is 0 Å². The van der Waals surface area contributed by atoms with Crippen molar-refractivity contribution in [2.45, 2.75) is 18.9 Å². The zero-order valence-corrected chi connectivity index (χ0v) is 12.1. The molecule has 2 nitrogen and oxygen atoms in total. The highest BCUT2D eigenvalue weighted by molar-refractivity contribution is 5.53. The van der Waals surface area contributed by atoms with Crippen molar-refractivity contribution < 1.29 is 9.13 Å². The molecule has 21 heavy (non-hydrogen) atoms. The Labute approximate surface area is 124 Å². The summed E-state index contributed by atoms with van der Waals surface area (Å²) < 4.78 is 18.9. The number of nitrogens with zero attached hydrogens (tertiary/aromatic N) is 1. The Bertz CT molecular complexity index is 680. The van der Waals surface area contributed by atoms with Crippen LogP contribution in [0.5, 0.6) is 5.75 Å². The minimum absolute atomic E-state index is 0.176. The predicted molar refractivity (Wildman–Crippen MR) is 80.2 cm³/mol. The summed E-state index contributed by atoms with van der Waals surface area (Å²) >= 11 is 0. The molecule has 1 atom stereocenters. The molecule has 2 aliphatic heterocycles. The van der Waals surface area contributed by atoms with Crippen LogP contribution in [0.1, 0.15) is 28.2 Å². The van der Waals surface area contributed by atoms with Crippen molar-refractivity contribution in [2.24, 2.45) is 0 Å². The van der Waals surface area contributed by atoms with Gasteiger partial charge in [0.05, 0.1) is 6.61 Å². The summed E-state index contributed by atoms with van der Waals surface area (Å²) in [6.45, 7) is 2.72. The standard InChI is InChI=1S/C18H18FNO/c1-20-10-13-4-7-17-15(8-9-21-17)18(13)16(11-20)12-2-5-14(19)6-3-12/h2-7,16H,8-11H2,1H3. The third-order valence-electron chi connectivity index (χ3n) is 4.57. The van der Waals surface area contributed by atoms with E-state index in [9.17, 15) is 4.39 Å². The smallest absolute Gasteiger partial charge is 0.123 e.